The fourth-order valence-electron chi connectivity index (χ4n) is 2.71. The van der Waals surface area contributed by atoms with Crippen LogP contribution in [-0.2, 0) is 16.0 Å². The van der Waals surface area contributed by atoms with Gasteiger partial charge in [-0.2, -0.15) is 0 Å². The molecule has 0 unspecified atom stereocenters. The molecule has 3 nitrogen and oxygen atoms in total. The molecule has 1 saturated carbocycles. The molecule has 3 rings (SSSR count). The summed E-state index contributed by atoms with van der Waals surface area (Å²) >= 11 is 1.82. The van der Waals surface area contributed by atoms with Crippen LogP contribution in [0.3, 0.4) is 0 Å². The highest BCUT2D eigenvalue weighted by Gasteiger charge is 2.40. The van der Waals surface area contributed by atoms with Crippen LogP contribution in [0.25, 0.3) is 0 Å². The summed E-state index contributed by atoms with van der Waals surface area (Å²) in [5.41, 5.74) is 0. The van der Waals surface area contributed by atoms with Gasteiger partial charge in [0.05, 0.1) is 13.2 Å². The van der Waals surface area contributed by atoms with Gasteiger partial charge in [-0.25, -0.2) is 0 Å². The molecule has 0 bridgehead atoms. The molecule has 0 atom stereocenters. The van der Waals surface area contributed by atoms with E-state index in [1.807, 2.05) is 11.3 Å². The first-order valence-corrected chi connectivity index (χ1v) is 7.28. The van der Waals surface area contributed by atoms with Crippen molar-refractivity contribution in [1.82, 2.24) is 5.32 Å². The average molecular weight is 253 g/mol. The first-order valence-electron chi connectivity index (χ1n) is 6.40. The van der Waals surface area contributed by atoms with Crippen molar-refractivity contribution in [1.29, 1.82) is 0 Å². The summed E-state index contributed by atoms with van der Waals surface area (Å²) in [5.74, 6) is -0.221. The number of nitrogens with one attached hydrogen (secondary N) is 1. The van der Waals surface area contributed by atoms with Crippen LogP contribution in [0.4, 0.5) is 0 Å². The van der Waals surface area contributed by atoms with Crippen LogP contribution in [0.1, 0.15) is 30.6 Å². The second kappa shape index (κ2) is 5.06. The van der Waals surface area contributed by atoms with Gasteiger partial charge in [0.25, 0.3) is 0 Å². The topological polar surface area (TPSA) is 30.5 Å². The summed E-state index contributed by atoms with van der Waals surface area (Å²) in [5, 5.41) is 5.76. The molecule has 1 aliphatic heterocycles. The second-order valence-corrected chi connectivity index (χ2v) is 5.87. The van der Waals surface area contributed by atoms with Crippen LogP contribution in [0.15, 0.2) is 17.5 Å². The first kappa shape index (κ1) is 11.7. The molecule has 1 N–H and O–H groups in total. The minimum atomic E-state index is -0.221. The zero-order valence-electron chi connectivity index (χ0n) is 9.98. The Bertz CT molecular complexity index is 336. The molecule has 2 aliphatic rings. The van der Waals surface area contributed by atoms with Crippen molar-refractivity contribution in [3.63, 3.8) is 0 Å². The highest BCUT2D eigenvalue weighted by atomic mass is 32.1. The zero-order chi connectivity index (χ0) is 11.6. The van der Waals surface area contributed by atoms with Gasteiger partial charge < -0.3 is 14.8 Å². The Morgan fingerprint density at radius 3 is 2.71 bits per heavy atom. The van der Waals surface area contributed by atoms with E-state index in [-0.39, 0.29) is 5.79 Å². The van der Waals surface area contributed by atoms with Gasteiger partial charge in [-0.15, -0.1) is 11.3 Å². The van der Waals surface area contributed by atoms with E-state index >= 15 is 0 Å². The first-order chi connectivity index (χ1) is 8.36. The maximum absolute atomic E-state index is 5.73. The Morgan fingerprint density at radius 1 is 1.29 bits per heavy atom. The van der Waals surface area contributed by atoms with Gasteiger partial charge in [0.2, 0.25) is 0 Å². The number of thiophene rings is 1. The lowest BCUT2D eigenvalue weighted by molar-refractivity contribution is -0.179. The van der Waals surface area contributed by atoms with Gasteiger partial charge in [0, 0.05) is 30.3 Å². The Kier molecular flexibility index (Phi) is 3.47. The summed E-state index contributed by atoms with van der Waals surface area (Å²) in [7, 11) is 0. The molecule has 17 heavy (non-hydrogen) atoms. The molecule has 0 radical (unpaired) electrons. The minimum Gasteiger partial charge on any atom is -0.348 e. The summed E-state index contributed by atoms with van der Waals surface area (Å²) in [6.45, 7) is 2.54. The third kappa shape index (κ3) is 2.71. The van der Waals surface area contributed by atoms with E-state index in [0.29, 0.717) is 6.04 Å². The molecular formula is C13H19NO2S. The molecule has 0 aromatic carbocycles. The number of ether oxygens (including phenoxy) is 2. The van der Waals surface area contributed by atoms with Crippen LogP contribution in [0.5, 0.6) is 0 Å². The lowest BCUT2D eigenvalue weighted by Crippen LogP contribution is -2.41. The van der Waals surface area contributed by atoms with E-state index in [2.05, 4.69) is 22.8 Å². The normalized spacial score (nSPS) is 24.5. The lowest BCUT2D eigenvalue weighted by Gasteiger charge is -2.35. The summed E-state index contributed by atoms with van der Waals surface area (Å²) in [4.78, 5) is 1.42. The second-order valence-electron chi connectivity index (χ2n) is 4.84. The lowest BCUT2D eigenvalue weighted by atomic mass is 9.90. The Labute approximate surface area is 106 Å². The fraction of sp³-hybridized carbons (Fsp3) is 0.692. The van der Waals surface area contributed by atoms with Crippen LogP contribution < -0.4 is 5.32 Å². The van der Waals surface area contributed by atoms with E-state index < -0.39 is 0 Å². The maximum Gasteiger partial charge on any atom is 0.168 e. The molecule has 2 fully saturated rings. The predicted octanol–water partition coefficient (Wildman–Crippen LogP) is 2.52. The average Bonchev–Trinajstić information content (AvgIpc) is 3.01. The van der Waals surface area contributed by atoms with Gasteiger partial charge in [0.1, 0.15) is 0 Å². The molecule has 1 spiro atoms. The van der Waals surface area contributed by atoms with Crippen molar-refractivity contribution in [2.75, 3.05) is 13.2 Å². The summed E-state index contributed by atoms with van der Waals surface area (Å²) < 4.78 is 11.5. The van der Waals surface area contributed by atoms with E-state index in [0.717, 1.165) is 45.4 Å². The molecule has 0 amide bonds. The third-order valence-corrected chi connectivity index (χ3v) is 4.58. The van der Waals surface area contributed by atoms with E-state index in [1.54, 1.807) is 0 Å². The van der Waals surface area contributed by atoms with Crippen molar-refractivity contribution in [2.24, 2.45) is 0 Å². The van der Waals surface area contributed by atoms with Crippen LogP contribution >= 0.6 is 11.3 Å². The monoisotopic (exact) mass is 253 g/mol. The Hall–Kier alpha value is -0.420. The summed E-state index contributed by atoms with van der Waals surface area (Å²) in [6, 6.07) is 4.92. The third-order valence-electron chi connectivity index (χ3n) is 3.71. The van der Waals surface area contributed by atoms with Crippen LogP contribution in [0, 0.1) is 0 Å². The highest BCUT2D eigenvalue weighted by Crippen LogP contribution is 2.35. The summed E-state index contributed by atoms with van der Waals surface area (Å²) in [6.07, 6.45) is 4.39. The van der Waals surface area contributed by atoms with Gasteiger partial charge >= 0.3 is 0 Å². The minimum absolute atomic E-state index is 0.221. The van der Waals surface area contributed by atoms with Crippen LogP contribution in [-0.4, -0.2) is 25.0 Å². The molecule has 2 heterocycles. The number of hydrogen-bond acceptors (Lipinski definition) is 4. The molecule has 1 saturated heterocycles. The van der Waals surface area contributed by atoms with Gasteiger partial charge in [0.15, 0.2) is 5.79 Å². The molecule has 4 heteroatoms. The fourth-order valence-corrected chi connectivity index (χ4v) is 3.36. The smallest absolute Gasteiger partial charge is 0.168 e. The van der Waals surface area contributed by atoms with Gasteiger partial charge in [-0.1, -0.05) is 6.07 Å². The van der Waals surface area contributed by atoms with Crippen molar-refractivity contribution in [2.45, 2.75) is 44.1 Å². The molecule has 94 valence electrons. The van der Waals surface area contributed by atoms with Crippen LogP contribution in [0.2, 0.25) is 0 Å². The maximum atomic E-state index is 5.73. The van der Waals surface area contributed by atoms with Crippen molar-refractivity contribution in [3.8, 4) is 0 Å². The predicted molar refractivity (Wildman–Crippen MR) is 68.0 cm³/mol. The number of rotatable bonds is 3. The molecular weight excluding hydrogens is 234 g/mol. The van der Waals surface area contributed by atoms with Gasteiger partial charge in [-0.05, 0) is 24.3 Å². The standard InChI is InChI=1S/C13H19NO2S/c1-2-12(17-9-1)10-14-11-3-5-13(6-4-11)15-7-8-16-13/h1-2,9,11,14H,3-8,10H2. The van der Waals surface area contributed by atoms with Crippen molar-refractivity contribution in [3.05, 3.63) is 22.4 Å². The van der Waals surface area contributed by atoms with E-state index in [4.69, 9.17) is 9.47 Å². The molecule has 1 aromatic rings. The quantitative estimate of drug-likeness (QED) is 0.898. The largest absolute Gasteiger partial charge is 0.348 e. The van der Waals surface area contributed by atoms with Gasteiger partial charge in [-0.3, -0.25) is 0 Å². The van der Waals surface area contributed by atoms with Crippen molar-refractivity contribution >= 4 is 11.3 Å². The highest BCUT2D eigenvalue weighted by molar-refractivity contribution is 7.09. The van der Waals surface area contributed by atoms with E-state index in [9.17, 15) is 0 Å². The van der Waals surface area contributed by atoms with E-state index in [1.165, 1.54) is 4.88 Å². The number of hydrogen-bond donors (Lipinski definition) is 1. The van der Waals surface area contributed by atoms with Crippen molar-refractivity contribution < 1.29 is 9.47 Å². The Balaban J connectivity index is 1.45. The molecule has 1 aromatic heterocycles. The zero-order valence-corrected chi connectivity index (χ0v) is 10.8. The molecule has 1 aliphatic carbocycles. The SMILES string of the molecule is c1csc(CNC2CCC3(CC2)OCCO3)c1. The Morgan fingerprint density at radius 2 is 2.06 bits per heavy atom.